The summed E-state index contributed by atoms with van der Waals surface area (Å²) in [7, 11) is 0. The third-order valence-corrected chi connectivity index (χ3v) is 6.55. The number of rotatable bonds is 7. The van der Waals surface area contributed by atoms with E-state index < -0.39 is 6.10 Å². The van der Waals surface area contributed by atoms with Crippen LogP contribution in [0.5, 0.6) is 11.6 Å². The highest BCUT2D eigenvalue weighted by atomic mass is 35.5. The van der Waals surface area contributed by atoms with Crippen LogP contribution in [0.3, 0.4) is 0 Å². The molecule has 4 rings (SSSR count). The molecule has 0 saturated carbocycles. The van der Waals surface area contributed by atoms with Crippen molar-refractivity contribution in [2.75, 3.05) is 0 Å². The summed E-state index contributed by atoms with van der Waals surface area (Å²) in [6, 6.07) is 20.7. The van der Waals surface area contributed by atoms with Gasteiger partial charge in [0.25, 0.3) is 0 Å². The third-order valence-electron chi connectivity index (χ3n) is 5.22. The van der Waals surface area contributed by atoms with Gasteiger partial charge in [-0.05, 0) is 59.3 Å². The van der Waals surface area contributed by atoms with E-state index in [-0.39, 0.29) is 17.8 Å². The number of halogens is 1. The van der Waals surface area contributed by atoms with Crippen molar-refractivity contribution in [2.24, 2.45) is 5.92 Å². The number of carbonyl (C=O) groups excluding carboxylic acids is 1. The number of nitrogens with zero attached hydrogens (tertiary/aromatic N) is 1. The van der Waals surface area contributed by atoms with Crippen LogP contribution in [0, 0.1) is 5.92 Å². The van der Waals surface area contributed by atoms with E-state index in [1.54, 1.807) is 17.4 Å². The van der Waals surface area contributed by atoms with Crippen molar-refractivity contribution >= 4 is 39.7 Å². The van der Waals surface area contributed by atoms with Crippen molar-refractivity contribution in [3.63, 3.8) is 0 Å². The molecule has 2 aromatic heterocycles. The second-order valence-corrected chi connectivity index (χ2v) is 9.30. The summed E-state index contributed by atoms with van der Waals surface area (Å²) >= 11 is 7.70. The van der Waals surface area contributed by atoms with Gasteiger partial charge in [0.15, 0.2) is 0 Å². The van der Waals surface area contributed by atoms with E-state index in [9.17, 15) is 4.79 Å². The molecule has 6 heteroatoms. The van der Waals surface area contributed by atoms with Gasteiger partial charge in [0.1, 0.15) is 11.9 Å². The Kier molecular flexibility index (Phi) is 6.77. The molecule has 0 N–H and O–H groups in total. The highest BCUT2D eigenvalue weighted by Crippen LogP contribution is 2.38. The molecule has 0 spiro atoms. The Labute approximate surface area is 196 Å². The van der Waals surface area contributed by atoms with Crippen molar-refractivity contribution in [1.29, 1.82) is 0 Å². The van der Waals surface area contributed by atoms with Gasteiger partial charge in [-0.2, -0.15) is 0 Å². The average molecular weight is 466 g/mol. The van der Waals surface area contributed by atoms with Gasteiger partial charge in [0.2, 0.25) is 5.88 Å². The highest BCUT2D eigenvalue weighted by molar-refractivity contribution is 7.11. The summed E-state index contributed by atoms with van der Waals surface area (Å²) in [5.74, 6) is 0.602. The number of hydrogen-bond donors (Lipinski definition) is 0. The second kappa shape index (κ2) is 9.72. The quantitative estimate of drug-likeness (QED) is 0.261. The fraction of sp³-hybridized carbons (Fsp3) is 0.231. The van der Waals surface area contributed by atoms with E-state index in [2.05, 4.69) is 4.98 Å². The molecule has 2 aromatic carbocycles. The first kappa shape index (κ1) is 22.3. The van der Waals surface area contributed by atoms with Gasteiger partial charge in [0, 0.05) is 16.0 Å². The largest absolute Gasteiger partial charge is 0.456 e. The van der Waals surface area contributed by atoms with Crippen molar-refractivity contribution in [3.8, 4) is 11.6 Å². The summed E-state index contributed by atoms with van der Waals surface area (Å²) < 4.78 is 11.7. The number of hydrogen-bond acceptors (Lipinski definition) is 5. The van der Waals surface area contributed by atoms with Crippen LogP contribution in [0.25, 0.3) is 10.8 Å². The monoisotopic (exact) mass is 465 g/mol. The number of esters is 1. The molecule has 0 aliphatic rings. The summed E-state index contributed by atoms with van der Waals surface area (Å²) in [5.41, 5.74) is 0.636. The van der Waals surface area contributed by atoms with Gasteiger partial charge >= 0.3 is 5.97 Å². The lowest BCUT2D eigenvalue weighted by Gasteiger charge is -2.22. The molecule has 0 saturated heterocycles. The van der Waals surface area contributed by atoms with E-state index in [1.807, 2.05) is 86.8 Å². The molecule has 2 atom stereocenters. The topological polar surface area (TPSA) is 48.4 Å². The van der Waals surface area contributed by atoms with E-state index >= 15 is 0 Å². The van der Waals surface area contributed by atoms with Crippen LogP contribution in [0.2, 0.25) is 5.02 Å². The zero-order valence-electron chi connectivity index (χ0n) is 18.1. The number of fused-ring (bicyclic) bond motifs is 1. The number of carbonyl (C=O) groups is 1. The maximum Gasteiger partial charge on any atom is 0.315 e. The number of benzene rings is 2. The zero-order chi connectivity index (χ0) is 22.7. The maximum atomic E-state index is 13.3. The summed E-state index contributed by atoms with van der Waals surface area (Å²) in [4.78, 5) is 18.8. The predicted octanol–water partition coefficient (Wildman–Crippen LogP) is 7.79. The minimum atomic E-state index is -0.510. The first-order valence-electron chi connectivity index (χ1n) is 10.5. The maximum absolute atomic E-state index is 13.3. The van der Waals surface area contributed by atoms with Crippen LogP contribution >= 0.6 is 22.9 Å². The van der Waals surface area contributed by atoms with Crippen molar-refractivity contribution < 1.29 is 14.3 Å². The van der Waals surface area contributed by atoms with Crippen molar-refractivity contribution in [3.05, 3.63) is 87.7 Å². The Hall–Kier alpha value is -2.89. The Morgan fingerprint density at radius 2 is 1.78 bits per heavy atom. The van der Waals surface area contributed by atoms with E-state index in [0.29, 0.717) is 22.3 Å². The molecule has 32 heavy (non-hydrogen) atoms. The molecular formula is C26H24ClNO3S. The van der Waals surface area contributed by atoms with Crippen LogP contribution in [0.4, 0.5) is 0 Å². The molecule has 0 fully saturated rings. The lowest BCUT2D eigenvalue weighted by atomic mass is 9.92. The number of thiophene rings is 1. The van der Waals surface area contributed by atoms with Gasteiger partial charge in [-0.1, -0.05) is 55.8 Å². The summed E-state index contributed by atoms with van der Waals surface area (Å²) in [6.07, 6.45) is -0.510. The number of pyridine rings is 1. The average Bonchev–Trinajstić information content (AvgIpc) is 3.17. The minimum absolute atomic E-state index is 0.0768. The van der Waals surface area contributed by atoms with E-state index in [0.717, 1.165) is 15.6 Å². The molecule has 0 amide bonds. The Morgan fingerprint density at radius 1 is 1.00 bits per heavy atom. The fourth-order valence-corrected chi connectivity index (χ4v) is 5.06. The Morgan fingerprint density at radius 3 is 2.53 bits per heavy atom. The molecular weight excluding hydrogens is 442 g/mol. The number of ether oxygens (including phenoxy) is 2. The summed E-state index contributed by atoms with van der Waals surface area (Å²) in [6.45, 7) is 5.89. The first-order valence-corrected chi connectivity index (χ1v) is 11.7. The normalized spacial score (nSPS) is 13.2. The smallest absolute Gasteiger partial charge is 0.315 e. The molecule has 0 radical (unpaired) electrons. The standard InChI is InChI=1S/C26H24ClNO3S/c1-16(2)24(25-21-13-12-19(27)14-18(21)15-32-25)26(29)30-17(3)22-10-7-11-23(28-22)31-20-8-5-4-6-9-20/h4-17,24H,1-3H3. The fourth-order valence-electron chi connectivity index (χ4n) is 3.60. The Bertz CT molecular complexity index is 1220. The third kappa shape index (κ3) is 4.95. The van der Waals surface area contributed by atoms with Crippen molar-refractivity contribution in [1.82, 2.24) is 4.98 Å². The molecule has 0 aliphatic heterocycles. The molecule has 2 unspecified atom stereocenters. The molecule has 4 nitrogen and oxygen atoms in total. The molecule has 4 aromatic rings. The number of aromatic nitrogens is 1. The van der Waals surface area contributed by atoms with Crippen LogP contribution in [0.15, 0.2) is 72.1 Å². The lowest BCUT2D eigenvalue weighted by Crippen LogP contribution is -2.22. The Balaban J connectivity index is 1.53. The van der Waals surface area contributed by atoms with Crippen LogP contribution in [-0.2, 0) is 9.53 Å². The molecule has 164 valence electrons. The van der Waals surface area contributed by atoms with Crippen molar-refractivity contribution in [2.45, 2.75) is 32.8 Å². The van der Waals surface area contributed by atoms with Gasteiger partial charge < -0.3 is 9.47 Å². The van der Waals surface area contributed by atoms with Crippen LogP contribution < -0.4 is 4.74 Å². The summed E-state index contributed by atoms with van der Waals surface area (Å²) in [5, 5.41) is 4.80. The highest BCUT2D eigenvalue weighted by Gasteiger charge is 2.30. The van der Waals surface area contributed by atoms with E-state index in [1.165, 1.54) is 0 Å². The lowest BCUT2D eigenvalue weighted by molar-refractivity contribution is -0.151. The van der Waals surface area contributed by atoms with Crippen LogP contribution in [0.1, 0.15) is 43.4 Å². The van der Waals surface area contributed by atoms with Gasteiger partial charge in [-0.3, -0.25) is 4.79 Å². The van der Waals surface area contributed by atoms with Gasteiger partial charge in [0.05, 0.1) is 11.6 Å². The first-order chi connectivity index (χ1) is 15.4. The molecule has 0 bridgehead atoms. The zero-order valence-corrected chi connectivity index (χ0v) is 19.7. The second-order valence-electron chi connectivity index (χ2n) is 7.95. The minimum Gasteiger partial charge on any atom is -0.456 e. The van der Waals surface area contributed by atoms with Crippen LogP contribution in [-0.4, -0.2) is 11.0 Å². The van der Waals surface area contributed by atoms with Gasteiger partial charge in [-0.25, -0.2) is 4.98 Å². The van der Waals surface area contributed by atoms with Gasteiger partial charge in [-0.15, -0.1) is 11.3 Å². The van der Waals surface area contributed by atoms with E-state index in [4.69, 9.17) is 21.1 Å². The SMILES string of the molecule is CC(OC(=O)C(c1scc2cc(Cl)ccc12)C(C)C)c1cccc(Oc2ccccc2)n1. The predicted molar refractivity (Wildman–Crippen MR) is 130 cm³/mol. The number of para-hydroxylation sites is 1. The molecule has 0 aliphatic carbocycles. The molecule has 2 heterocycles.